The highest BCUT2D eigenvalue weighted by Crippen LogP contribution is 2.26. The van der Waals surface area contributed by atoms with Gasteiger partial charge in [0, 0.05) is 48.6 Å². The van der Waals surface area contributed by atoms with E-state index in [1.54, 1.807) is 36.9 Å². The van der Waals surface area contributed by atoms with Crippen molar-refractivity contribution in [2.24, 2.45) is 0 Å². The molecule has 1 aliphatic heterocycles. The van der Waals surface area contributed by atoms with Crippen molar-refractivity contribution in [2.45, 2.75) is 13.0 Å². The van der Waals surface area contributed by atoms with Crippen LogP contribution in [0.15, 0.2) is 41.4 Å². The van der Waals surface area contributed by atoms with Crippen LogP contribution >= 0.6 is 0 Å². The molecule has 9 nitrogen and oxygen atoms in total. The molecule has 158 valence electrons. The number of hydrogen-bond donors (Lipinski definition) is 4. The van der Waals surface area contributed by atoms with Crippen LogP contribution in [0.3, 0.4) is 0 Å². The van der Waals surface area contributed by atoms with Crippen molar-refractivity contribution >= 4 is 29.0 Å². The van der Waals surface area contributed by atoms with Crippen molar-refractivity contribution in [3.05, 3.63) is 70.9 Å². The average molecular weight is 422 g/mol. The topological polar surface area (TPSA) is 147 Å². The fourth-order valence-electron chi connectivity index (χ4n) is 3.58. The smallest absolute Gasteiger partial charge is 0.232 e. The van der Waals surface area contributed by atoms with Gasteiger partial charge in [-0.05, 0) is 12.1 Å². The molecule has 0 atom stereocenters. The number of quaternary nitrogens is 1. The highest BCUT2D eigenvalue weighted by molar-refractivity contribution is 6.13. The number of allylic oxidation sites excluding steroid dienone is 1. The van der Waals surface area contributed by atoms with E-state index in [4.69, 9.17) is 21.1 Å². The van der Waals surface area contributed by atoms with Crippen LogP contribution in [0.2, 0.25) is 0 Å². The van der Waals surface area contributed by atoms with Gasteiger partial charge in [-0.15, -0.1) is 0 Å². The Bertz CT molecular complexity index is 1190. The summed E-state index contributed by atoms with van der Waals surface area (Å²) >= 11 is 0. The molecule has 0 bridgehead atoms. The molecule has 0 aliphatic carbocycles. The van der Waals surface area contributed by atoms with Crippen LogP contribution in [0.5, 0.6) is 0 Å². The minimum absolute atomic E-state index is 0.191. The fraction of sp³-hybridized carbons (Fsp3) is 0.190. The third-order valence-electron chi connectivity index (χ3n) is 5.19. The van der Waals surface area contributed by atoms with Gasteiger partial charge in [-0.1, -0.05) is 5.16 Å². The first kappa shape index (κ1) is 20.4. The first-order chi connectivity index (χ1) is 15.0. The Morgan fingerprint density at radius 2 is 2.16 bits per heavy atom. The molecule has 0 unspecified atom stereocenters. The first-order valence-corrected chi connectivity index (χ1v) is 9.74. The summed E-state index contributed by atoms with van der Waals surface area (Å²) in [7, 11) is 1.80. The molecule has 31 heavy (non-hydrogen) atoms. The Kier molecular flexibility index (Phi) is 5.54. The van der Waals surface area contributed by atoms with Crippen molar-refractivity contribution in [3.8, 4) is 0 Å². The van der Waals surface area contributed by atoms with Crippen LogP contribution < -0.4 is 21.4 Å². The Hall–Kier alpha value is -3.92. The van der Waals surface area contributed by atoms with Crippen LogP contribution in [0, 0.1) is 11.2 Å². The molecule has 1 aliphatic rings. The molecule has 0 amide bonds. The third-order valence-corrected chi connectivity index (χ3v) is 5.19. The van der Waals surface area contributed by atoms with E-state index in [1.807, 2.05) is 0 Å². The van der Waals surface area contributed by atoms with Crippen LogP contribution in [0.1, 0.15) is 28.1 Å². The Labute approximate surface area is 177 Å². The first-order valence-electron chi connectivity index (χ1n) is 9.74. The largest absolute Gasteiger partial charge is 0.398 e. The number of nitrogens with two attached hydrogens (primary N) is 3. The molecule has 3 heterocycles. The van der Waals surface area contributed by atoms with E-state index in [0.29, 0.717) is 34.9 Å². The monoisotopic (exact) mass is 422 g/mol. The van der Waals surface area contributed by atoms with Gasteiger partial charge in [0.2, 0.25) is 5.71 Å². The summed E-state index contributed by atoms with van der Waals surface area (Å²) in [6.07, 6.45) is 6.63. The summed E-state index contributed by atoms with van der Waals surface area (Å²) < 4.78 is 19.8. The number of fused-ring (bicyclic) bond motifs is 1. The SMILES string of the molecule is C[NH2+]/C=C(\C=N)c1cc(C(=[NH2+])c2cc(N3CCc4oncc4C3)ncn2)c(N)cc1F. The van der Waals surface area contributed by atoms with Gasteiger partial charge in [0.25, 0.3) is 0 Å². The lowest BCUT2D eigenvalue weighted by atomic mass is 9.98. The number of nitrogen functional groups attached to an aromatic ring is 1. The molecule has 0 spiro atoms. The lowest BCUT2D eigenvalue weighted by Crippen LogP contribution is -2.72. The molecule has 0 radical (unpaired) electrons. The molecule has 7 N–H and O–H groups in total. The summed E-state index contributed by atoms with van der Waals surface area (Å²) in [5.41, 5.74) is 9.17. The molecule has 0 fully saturated rings. The second-order valence-corrected chi connectivity index (χ2v) is 7.14. The quantitative estimate of drug-likeness (QED) is 0.312. The summed E-state index contributed by atoms with van der Waals surface area (Å²) in [5.74, 6) is 1.08. The van der Waals surface area contributed by atoms with Gasteiger partial charge in [-0.25, -0.2) is 14.4 Å². The fourth-order valence-corrected chi connectivity index (χ4v) is 3.58. The Morgan fingerprint density at radius 3 is 2.94 bits per heavy atom. The Morgan fingerprint density at radius 1 is 1.32 bits per heavy atom. The zero-order valence-corrected chi connectivity index (χ0v) is 17.0. The van der Waals surface area contributed by atoms with E-state index in [-0.39, 0.29) is 11.3 Å². The standard InChI is InChI=1S/C21H21FN8O/c1-26-8-12(7-23)14-4-15(17(24)5-16(14)22)21(25)18-6-20(28-11-27-18)30-3-2-19-13(10-30)9-29-31-19/h4-9,11,23,25-26H,2-3,10,24H2,1H3/p+2/b12-8+,23-7?,25-21?. The van der Waals surface area contributed by atoms with E-state index < -0.39 is 5.82 Å². The van der Waals surface area contributed by atoms with Crippen molar-refractivity contribution in [1.82, 2.24) is 15.1 Å². The van der Waals surface area contributed by atoms with Gasteiger partial charge >= 0.3 is 0 Å². The number of nitrogens with one attached hydrogen (secondary N) is 1. The van der Waals surface area contributed by atoms with Crippen molar-refractivity contribution in [2.75, 3.05) is 24.2 Å². The van der Waals surface area contributed by atoms with E-state index >= 15 is 0 Å². The minimum Gasteiger partial charge on any atom is -0.398 e. The number of rotatable bonds is 6. The molecule has 4 rings (SSSR count). The third kappa shape index (κ3) is 3.92. The van der Waals surface area contributed by atoms with Crippen molar-refractivity contribution in [3.63, 3.8) is 0 Å². The lowest BCUT2D eigenvalue weighted by Gasteiger charge is -2.26. The maximum Gasteiger partial charge on any atom is 0.232 e. The van der Waals surface area contributed by atoms with Gasteiger partial charge in [0.15, 0.2) is 0 Å². The lowest BCUT2D eigenvalue weighted by molar-refractivity contribution is -0.555. The van der Waals surface area contributed by atoms with Crippen LogP contribution in [0.4, 0.5) is 15.9 Å². The Balaban J connectivity index is 1.67. The van der Waals surface area contributed by atoms with Gasteiger partial charge in [-0.3, -0.25) is 5.41 Å². The van der Waals surface area contributed by atoms with Crippen LogP contribution in [0.25, 0.3) is 5.57 Å². The van der Waals surface area contributed by atoms with Gasteiger partial charge in [-0.2, -0.15) is 0 Å². The zero-order chi connectivity index (χ0) is 22.0. The van der Waals surface area contributed by atoms with Gasteiger partial charge in [0.05, 0.1) is 24.4 Å². The van der Waals surface area contributed by atoms with Crippen molar-refractivity contribution < 1.29 is 19.6 Å². The van der Waals surface area contributed by atoms with Gasteiger partial charge in [0.1, 0.15) is 35.6 Å². The highest BCUT2D eigenvalue weighted by Gasteiger charge is 2.24. The highest BCUT2D eigenvalue weighted by atomic mass is 19.1. The predicted molar refractivity (Wildman–Crippen MR) is 114 cm³/mol. The number of hydrogen-bond acceptors (Lipinski definition) is 7. The number of halogens is 1. The summed E-state index contributed by atoms with van der Waals surface area (Å²) in [6.45, 7) is 1.35. The molecular weight excluding hydrogens is 399 g/mol. The maximum absolute atomic E-state index is 14.5. The maximum atomic E-state index is 14.5. The second-order valence-electron chi connectivity index (χ2n) is 7.14. The van der Waals surface area contributed by atoms with Crippen LogP contribution in [-0.2, 0) is 13.0 Å². The predicted octanol–water partition coefficient (Wildman–Crippen LogP) is -0.471. The molecular formula is C21H23FN8O+2. The summed E-state index contributed by atoms with van der Waals surface area (Å²) in [4.78, 5) is 10.8. The van der Waals surface area contributed by atoms with Gasteiger partial charge < -0.3 is 25.9 Å². The molecule has 0 saturated heterocycles. The van der Waals surface area contributed by atoms with E-state index in [0.717, 1.165) is 30.5 Å². The molecule has 3 aromatic rings. The number of aromatic nitrogens is 3. The minimum atomic E-state index is -0.521. The number of benzene rings is 1. The molecule has 0 saturated carbocycles. The summed E-state index contributed by atoms with van der Waals surface area (Å²) in [5, 5.41) is 19.6. The van der Waals surface area contributed by atoms with E-state index in [2.05, 4.69) is 20.0 Å². The number of nitrogens with zero attached hydrogens (tertiary/aromatic N) is 4. The van der Waals surface area contributed by atoms with E-state index in [9.17, 15) is 4.39 Å². The second kappa shape index (κ2) is 8.44. The average Bonchev–Trinajstić information content (AvgIpc) is 3.25. The molecule has 1 aromatic carbocycles. The summed E-state index contributed by atoms with van der Waals surface area (Å²) in [6, 6.07) is 4.54. The van der Waals surface area contributed by atoms with Crippen LogP contribution in [-0.4, -0.2) is 40.6 Å². The normalized spacial score (nSPS) is 13.7. The molecule has 10 heteroatoms. The van der Waals surface area contributed by atoms with Crippen molar-refractivity contribution in [1.29, 1.82) is 5.41 Å². The molecule has 2 aromatic heterocycles. The number of anilines is 2. The van der Waals surface area contributed by atoms with E-state index in [1.165, 1.54) is 12.4 Å². The zero-order valence-electron chi connectivity index (χ0n) is 17.0.